The number of carbonyl (C=O) groups is 2. The van der Waals surface area contributed by atoms with Gasteiger partial charge in [-0.1, -0.05) is 38.5 Å². The zero-order chi connectivity index (χ0) is 17.7. The van der Waals surface area contributed by atoms with Gasteiger partial charge < -0.3 is 11.1 Å². The number of carbonyl (C=O) groups excluding carboxylic acids is 2. The molecule has 1 aliphatic heterocycles. The van der Waals surface area contributed by atoms with Crippen LogP contribution in [-0.2, 0) is 16.0 Å². The van der Waals surface area contributed by atoms with E-state index in [0.29, 0.717) is 12.8 Å². The van der Waals surface area contributed by atoms with Crippen molar-refractivity contribution in [3.8, 4) is 0 Å². The van der Waals surface area contributed by atoms with E-state index in [9.17, 15) is 9.59 Å². The van der Waals surface area contributed by atoms with E-state index < -0.39 is 12.1 Å². The number of amides is 1. The topological polar surface area (TPSA) is 75.4 Å². The van der Waals surface area contributed by atoms with Gasteiger partial charge in [-0.15, -0.1) is 0 Å². The van der Waals surface area contributed by atoms with Gasteiger partial charge in [0, 0.05) is 18.0 Å². The number of anilines is 1. The van der Waals surface area contributed by atoms with E-state index in [0.717, 1.165) is 30.6 Å². The van der Waals surface area contributed by atoms with Crippen LogP contribution in [0, 0.1) is 5.92 Å². The molecule has 0 radical (unpaired) electrons. The third-order valence-electron chi connectivity index (χ3n) is 4.62. The molecule has 2 atom stereocenters. The number of hydrogen-bond donors (Lipinski definition) is 2. The molecule has 1 aromatic rings. The van der Waals surface area contributed by atoms with E-state index in [-0.39, 0.29) is 17.6 Å². The molecule has 0 unspecified atom stereocenters. The molecular weight excluding hydrogens is 302 g/mol. The first-order chi connectivity index (χ1) is 11.5. The molecule has 0 aromatic heterocycles. The molecule has 24 heavy (non-hydrogen) atoms. The lowest BCUT2D eigenvalue weighted by molar-refractivity contribution is -0.127. The fourth-order valence-corrected chi connectivity index (χ4v) is 3.24. The summed E-state index contributed by atoms with van der Waals surface area (Å²) in [4.78, 5) is 27.2. The van der Waals surface area contributed by atoms with Crippen molar-refractivity contribution in [1.29, 1.82) is 0 Å². The number of hydrogen-bond acceptors (Lipinski definition) is 4. The van der Waals surface area contributed by atoms with E-state index >= 15 is 0 Å². The van der Waals surface area contributed by atoms with Crippen LogP contribution in [0.5, 0.6) is 0 Å². The summed E-state index contributed by atoms with van der Waals surface area (Å²) in [6, 6.07) is 6.77. The van der Waals surface area contributed by atoms with Crippen LogP contribution in [0.2, 0.25) is 0 Å². The average molecular weight is 331 g/mol. The van der Waals surface area contributed by atoms with Gasteiger partial charge in [-0.2, -0.15) is 0 Å². The highest BCUT2D eigenvalue weighted by Gasteiger charge is 2.40. The molecule has 0 bridgehead atoms. The van der Waals surface area contributed by atoms with Crippen LogP contribution in [-0.4, -0.2) is 37.4 Å². The largest absolute Gasteiger partial charge is 0.320 e. The molecule has 0 fully saturated rings. The quantitative estimate of drug-likeness (QED) is 0.713. The number of nitrogens with zero attached hydrogens (tertiary/aromatic N) is 1. The number of para-hydroxylation sites is 1. The summed E-state index contributed by atoms with van der Waals surface area (Å²) >= 11 is 0. The predicted molar refractivity (Wildman–Crippen MR) is 97.0 cm³/mol. The van der Waals surface area contributed by atoms with Gasteiger partial charge in [0.15, 0.2) is 5.78 Å². The minimum atomic E-state index is -0.560. The monoisotopic (exact) mass is 331 g/mol. The van der Waals surface area contributed by atoms with Gasteiger partial charge in [0.1, 0.15) is 0 Å². The van der Waals surface area contributed by atoms with Crippen molar-refractivity contribution >= 4 is 17.4 Å². The molecule has 1 amide bonds. The molecule has 1 heterocycles. The molecular formula is C19H29N3O2. The number of ketones is 1. The Balaban J connectivity index is 2.16. The van der Waals surface area contributed by atoms with Crippen molar-refractivity contribution in [3.05, 3.63) is 29.8 Å². The number of rotatable bonds is 8. The van der Waals surface area contributed by atoms with Crippen molar-refractivity contribution in [2.45, 2.75) is 51.6 Å². The lowest BCUT2D eigenvalue weighted by Crippen LogP contribution is -2.51. The Bertz CT molecular complexity index is 586. The number of benzene rings is 1. The van der Waals surface area contributed by atoms with Gasteiger partial charge in [0.25, 0.3) is 0 Å². The van der Waals surface area contributed by atoms with E-state index in [2.05, 4.69) is 5.32 Å². The standard InChI is InChI=1S/C19H29N3O2/c1-13(2)18(23)17-12-14-8-4-5-10-16(14)22(17)19(24)15(20)9-6-7-11-21-3/h4-5,8,10,13,15,17,21H,6-7,9,11-12,20H2,1-3H3/t15-,17-/m0/s1. The highest BCUT2D eigenvalue weighted by Crippen LogP contribution is 2.34. The van der Waals surface area contributed by atoms with E-state index in [1.807, 2.05) is 45.2 Å². The maximum atomic E-state index is 12.9. The van der Waals surface area contributed by atoms with Crippen molar-refractivity contribution in [2.75, 3.05) is 18.5 Å². The SMILES string of the molecule is CNCCCC[C@H](N)C(=O)N1c2ccccc2C[C@H]1C(=O)C(C)C. The van der Waals surface area contributed by atoms with Crippen molar-refractivity contribution in [3.63, 3.8) is 0 Å². The fraction of sp³-hybridized carbons (Fsp3) is 0.579. The van der Waals surface area contributed by atoms with Crippen LogP contribution in [0.25, 0.3) is 0 Å². The number of unbranched alkanes of at least 4 members (excludes halogenated alkanes) is 1. The van der Waals surface area contributed by atoms with Crippen LogP contribution < -0.4 is 16.0 Å². The van der Waals surface area contributed by atoms with Crippen LogP contribution in [0.1, 0.15) is 38.7 Å². The summed E-state index contributed by atoms with van der Waals surface area (Å²) in [5, 5.41) is 3.09. The molecule has 0 saturated carbocycles. The summed E-state index contributed by atoms with van der Waals surface area (Å²) in [5.74, 6) is -0.142. The normalized spacial score (nSPS) is 17.9. The Hall–Kier alpha value is -1.72. The van der Waals surface area contributed by atoms with Crippen molar-refractivity contribution in [1.82, 2.24) is 5.32 Å². The minimum Gasteiger partial charge on any atom is -0.320 e. The van der Waals surface area contributed by atoms with Crippen LogP contribution in [0.15, 0.2) is 24.3 Å². The zero-order valence-electron chi connectivity index (χ0n) is 14.9. The first kappa shape index (κ1) is 18.6. The Kier molecular flexibility index (Phi) is 6.52. The Labute approximate surface area is 144 Å². The molecule has 0 saturated heterocycles. The highest BCUT2D eigenvalue weighted by molar-refractivity contribution is 6.06. The van der Waals surface area contributed by atoms with E-state index in [4.69, 9.17) is 5.73 Å². The van der Waals surface area contributed by atoms with Crippen molar-refractivity contribution < 1.29 is 9.59 Å². The highest BCUT2D eigenvalue weighted by atomic mass is 16.2. The molecule has 1 aliphatic rings. The Morgan fingerprint density at radius 3 is 2.67 bits per heavy atom. The number of nitrogens with two attached hydrogens (primary N) is 1. The second-order valence-electron chi connectivity index (χ2n) is 6.82. The molecule has 132 valence electrons. The molecule has 5 nitrogen and oxygen atoms in total. The van der Waals surface area contributed by atoms with Gasteiger partial charge in [-0.25, -0.2) is 0 Å². The Morgan fingerprint density at radius 1 is 1.29 bits per heavy atom. The summed E-state index contributed by atoms with van der Waals surface area (Å²) in [7, 11) is 1.91. The van der Waals surface area contributed by atoms with Crippen LogP contribution in [0.3, 0.4) is 0 Å². The lowest BCUT2D eigenvalue weighted by atomic mass is 9.98. The zero-order valence-corrected chi connectivity index (χ0v) is 14.9. The summed E-state index contributed by atoms with van der Waals surface area (Å²) in [6.45, 7) is 4.68. The third kappa shape index (κ3) is 4.02. The molecule has 3 N–H and O–H groups in total. The first-order valence-corrected chi connectivity index (χ1v) is 8.82. The summed E-state index contributed by atoms with van der Waals surface area (Å²) in [6.07, 6.45) is 3.11. The smallest absolute Gasteiger partial charge is 0.244 e. The van der Waals surface area contributed by atoms with E-state index in [1.165, 1.54) is 0 Å². The predicted octanol–water partition coefficient (Wildman–Crippen LogP) is 1.89. The van der Waals surface area contributed by atoms with Crippen LogP contribution in [0.4, 0.5) is 5.69 Å². The molecule has 0 spiro atoms. The van der Waals surface area contributed by atoms with Gasteiger partial charge in [0.05, 0.1) is 12.1 Å². The van der Waals surface area contributed by atoms with Crippen LogP contribution >= 0.6 is 0 Å². The van der Waals surface area contributed by atoms with Gasteiger partial charge in [0.2, 0.25) is 5.91 Å². The fourth-order valence-electron chi connectivity index (χ4n) is 3.24. The molecule has 5 heteroatoms. The molecule has 0 aliphatic carbocycles. The maximum Gasteiger partial charge on any atom is 0.244 e. The molecule has 1 aromatic carbocycles. The molecule has 2 rings (SSSR count). The maximum absolute atomic E-state index is 12.9. The van der Waals surface area contributed by atoms with Crippen molar-refractivity contribution in [2.24, 2.45) is 11.7 Å². The Morgan fingerprint density at radius 2 is 2.00 bits per heavy atom. The minimum absolute atomic E-state index is 0.0990. The average Bonchev–Trinajstić information content (AvgIpc) is 2.96. The number of Topliss-reactive ketones (excluding diaryl/α,β-unsaturated/α-hetero) is 1. The lowest BCUT2D eigenvalue weighted by Gasteiger charge is -2.28. The summed E-state index contributed by atoms with van der Waals surface area (Å²) < 4.78 is 0. The van der Waals surface area contributed by atoms with Gasteiger partial charge in [-0.05, 0) is 38.1 Å². The number of nitrogens with one attached hydrogen (secondary N) is 1. The van der Waals surface area contributed by atoms with E-state index in [1.54, 1.807) is 4.90 Å². The number of fused-ring (bicyclic) bond motifs is 1. The summed E-state index contributed by atoms with van der Waals surface area (Å²) in [5.41, 5.74) is 8.04. The van der Waals surface area contributed by atoms with Gasteiger partial charge >= 0.3 is 0 Å². The second-order valence-corrected chi connectivity index (χ2v) is 6.82. The second kappa shape index (κ2) is 8.40. The third-order valence-corrected chi connectivity index (χ3v) is 4.62. The van der Waals surface area contributed by atoms with Gasteiger partial charge in [-0.3, -0.25) is 14.5 Å². The first-order valence-electron chi connectivity index (χ1n) is 8.82.